The minimum Gasteiger partial charge on any atom is -0.389 e. The zero-order chi connectivity index (χ0) is 12.0. The summed E-state index contributed by atoms with van der Waals surface area (Å²) in [5, 5.41) is 12.5. The molecule has 0 aromatic heterocycles. The van der Waals surface area contributed by atoms with Gasteiger partial charge < -0.3 is 15.2 Å². The van der Waals surface area contributed by atoms with Crippen molar-refractivity contribution in [1.82, 2.24) is 0 Å². The summed E-state index contributed by atoms with van der Waals surface area (Å²) in [7, 11) is 0. The fourth-order valence-corrected chi connectivity index (χ4v) is 1.34. The van der Waals surface area contributed by atoms with E-state index in [9.17, 15) is 9.50 Å². The number of aliphatic hydroxyl groups excluding tert-OH is 1. The Morgan fingerprint density at radius 1 is 1.56 bits per heavy atom. The van der Waals surface area contributed by atoms with Crippen LogP contribution in [0.5, 0.6) is 0 Å². The normalized spacial score (nSPS) is 12.5. The van der Waals surface area contributed by atoms with Gasteiger partial charge in [-0.05, 0) is 25.1 Å². The van der Waals surface area contributed by atoms with Gasteiger partial charge in [0.2, 0.25) is 0 Å². The van der Waals surface area contributed by atoms with Gasteiger partial charge in [-0.1, -0.05) is 11.6 Å². The number of rotatable bonds is 6. The van der Waals surface area contributed by atoms with Crippen LogP contribution in [0.4, 0.5) is 10.1 Å². The fourth-order valence-electron chi connectivity index (χ4n) is 1.15. The third-order valence-corrected chi connectivity index (χ3v) is 2.27. The quantitative estimate of drug-likeness (QED) is 0.811. The van der Waals surface area contributed by atoms with E-state index in [1.54, 1.807) is 6.07 Å². The van der Waals surface area contributed by atoms with Crippen LogP contribution < -0.4 is 5.32 Å². The van der Waals surface area contributed by atoms with Gasteiger partial charge in [-0.3, -0.25) is 0 Å². The van der Waals surface area contributed by atoms with Crippen LogP contribution in [-0.2, 0) is 4.74 Å². The summed E-state index contributed by atoms with van der Waals surface area (Å²) in [6, 6.07) is 4.32. The van der Waals surface area contributed by atoms with Crippen molar-refractivity contribution in [2.24, 2.45) is 0 Å². The van der Waals surface area contributed by atoms with Gasteiger partial charge in [0, 0.05) is 18.8 Å². The first-order chi connectivity index (χ1) is 7.63. The lowest BCUT2D eigenvalue weighted by molar-refractivity contribution is 0.0496. The summed E-state index contributed by atoms with van der Waals surface area (Å²) in [4.78, 5) is 0. The van der Waals surface area contributed by atoms with Crippen LogP contribution in [0.3, 0.4) is 0 Å². The zero-order valence-corrected chi connectivity index (χ0v) is 9.80. The highest BCUT2D eigenvalue weighted by Crippen LogP contribution is 2.19. The van der Waals surface area contributed by atoms with Gasteiger partial charge in [-0.15, -0.1) is 0 Å². The molecule has 1 unspecified atom stereocenters. The first-order valence-electron chi connectivity index (χ1n) is 5.08. The summed E-state index contributed by atoms with van der Waals surface area (Å²) in [6.07, 6.45) is -0.594. The Morgan fingerprint density at radius 2 is 2.31 bits per heavy atom. The summed E-state index contributed by atoms with van der Waals surface area (Å²) in [6.45, 7) is 3.04. The molecule has 1 rings (SSSR count). The third-order valence-electron chi connectivity index (χ3n) is 1.98. The van der Waals surface area contributed by atoms with E-state index in [1.165, 1.54) is 12.1 Å². The summed E-state index contributed by atoms with van der Waals surface area (Å²) < 4.78 is 17.9. The van der Waals surface area contributed by atoms with Gasteiger partial charge in [-0.25, -0.2) is 4.39 Å². The Kier molecular flexibility index (Phi) is 5.52. The van der Waals surface area contributed by atoms with E-state index in [0.29, 0.717) is 18.8 Å². The lowest BCUT2D eigenvalue weighted by Gasteiger charge is -2.12. The molecule has 0 amide bonds. The number of benzene rings is 1. The maximum Gasteiger partial charge on any atom is 0.141 e. The Morgan fingerprint density at radius 3 is 2.94 bits per heavy atom. The zero-order valence-electron chi connectivity index (χ0n) is 9.04. The molecule has 1 atom stereocenters. The Hall–Kier alpha value is -0.840. The van der Waals surface area contributed by atoms with Crippen molar-refractivity contribution in [3.8, 4) is 0 Å². The molecule has 0 radical (unpaired) electrons. The molecule has 2 N–H and O–H groups in total. The maximum absolute atomic E-state index is 12.8. The minimum atomic E-state index is -0.594. The first kappa shape index (κ1) is 13.2. The van der Waals surface area contributed by atoms with E-state index < -0.39 is 11.9 Å². The van der Waals surface area contributed by atoms with E-state index in [1.807, 2.05) is 6.92 Å². The SMILES string of the molecule is CCOCC(O)CNc1ccc(F)c(Cl)c1. The molecule has 0 spiro atoms. The largest absolute Gasteiger partial charge is 0.389 e. The molecule has 16 heavy (non-hydrogen) atoms. The predicted octanol–water partition coefficient (Wildman–Crippen LogP) is 2.29. The smallest absolute Gasteiger partial charge is 0.141 e. The van der Waals surface area contributed by atoms with Crippen LogP contribution in [0.25, 0.3) is 0 Å². The standard InChI is InChI=1S/C11H15ClFNO2/c1-2-16-7-9(15)6-14-8-3-4-11(13)10(12)5-8/h3-5,9,14-15H,2,6-7H2,1H3. The van der Waals surface area contributed by atoms with Crippen LogP contribution in [0.2, 0.25) is 5.02 Å². The van der Waals surface area contributed by atoms with Gasteiger partial charge >= 0.3 is 0 Å². The van der Waals surface area contributed by atoms with Gasteiger partial charge in [0.05, 0.1) is 17.7 Å². The van der Waals surface area contributed by atoms with Gasteiger partial charge in [0.15, 0.2) is 0 Å². The molecule has 0 heterocycles. The van der Waals surface area contributed by atoms with Crippen LogP contribution >= 0.6 is 11.6 Å². The molecule has 0 aliphatic rings. The minimum absolute atomic E-state index is 0.0595. The molecule has 0 saturated heterocycles. The van der Waals surface area contributed by atoms with E-state index in [-0.39, 0.29) is 11.6 Å². The molecule has 0 saturated carbocycles. The van der Waals surface area contributed by atoms with Crippen LogP contribution in [-0.4, -0.2) is 31.0 Å². The lowest BCUT2D eigenvalue weighted by Crippen LogP contribution is -2.24. The summed E-state index contributed by atoms with van der Waals surface area (Å²) in [5.74, 6) is -0.456. The van der Waals surface area contributed by atoms with Crippen molar-refractivity contribution in [1.29, 1.82) is 0 Å². The van der Waals surface area contributed by atoms with Crippen LogP contribution in [0, 0.1) is 5.82 Å². The summed E-state index contributed by atoms with van der Waals surface area (Å²) >= 11 is 5.61. The van der Waals surface area contributed by atoms with Crippen LogP contribution in [0.15, 0.2) is 18.2 Å². The number of aliphatic hydroxyl groups is 1. The number of nitrogens with one attached hydrogen (secondary N) is 1. The van der Waals surface area contributed by atoms with Crippen molar-refractivity contribution >= 4 is 17.3 Å². The van der Waals surface area contributed by atoms with Crippen molar-refractivity contribution in [3.63, 3.8) is 0 Å². The molecule has 0 fully saturated rings. The average Bonchev–Trinajstić information content (AvgIpc) is 2.28. The van der Waals surface area contributed by atoms with Gasteiger partial charge in [-0.2, -0.15) is 0 Å². The van der Waals surface area contributed by atoms with E-state index >= 15 is 0 Å². The van der Waals surface area contributed by atoms with Crippen LogP contribution in [0.1, 0.15) is 6.92 Å². The number of hydrogen-bond donors (Lipinski definition) is 2. The van der Waals surface area contributed by atoms with Crippen molar-refractivity contribution in [2.45, 2.75) is 13.0 Å². The molecule has 3 nitrogen and oxygen atoms in total. The highest BCUT2D eigenvalue weighted by molar-refractivity contribution is 6.31. The lowest BCUT2D eigenvalue weighted by atomic mass is 10.3. The van der Waals surface area contributed by atoms with Crippen molar-refractivity contribution < 1.29 is 14.2 Å². The molecular formula is C11H15ClFNO2. The van der Waals surface area contributed by atoms with E-state index in [2.05, 4.69) is 5.32 Å². The Labute approximate surface area is 99.2 Å². The Balaban J connectivity index is 2.39. The number of halogens is 2. The topological polar surface area (TPSA) is 41.5 Å². The maximum atomic E-state index is 12.8. The second kappa shape index (κ2) is 6.68. The van der Waals surface area contributed by atoms with Crippen molar-refractivity contribution in [3.05, 3.63) is 29.0 Å². The highest BCUT2D eigenvalue weighted by Gasteiger charge is 2.05. The highest BCUT2D eigenvalue weighted by atomic mass is 35.5. The number of anilines is 1. The summed E-state index contributed by atoms with van der Waals surface area (Å²) in [5.41, 5.74) is 0.668. The molecule has 1 aromatic rings. The molecule has 0 aliphatic heterocycles. The van der Waals surface area contributed by atoms with Gasteiger partial charge in [0.1, 0.15) is 5.82 Å². The molecule has 5 heteroatoms. The molecular weight excluding hydrogens is 233 g/mol. The third kappa shape index (κ3) is 4.35. The fraction of sp³-hybridized carbons (Fsp3) is 0.455. The molecule has 0 bridgehead atoms. The number of ether oxygens (including phenoxy) is 1. The predicted molar refractivity (Wildman–Crippen MR) is 62.4 cm³/mol. The molecule has 90 valence electrons. The molecule has 0 aliphatic carbocycles. The average molecular weight is 248 g/mol. The monoisotopic (exact) mass is 247 g/mol. The van der Waals surface area contributed by atoms with Gasteiger partial charge in [0.25, 0.3) is 0 Å². The first-order valence-corrected chi connectivity index (χ1v) is 5.46. The van der Waals surface area contributed by atoms with Crippen molar-refractivity contribution in [2.75, 3.05) is 25.1 Å². The second-order valence-electron chi connectivity index (χ2n) is 3.32. The van der Waals surface area contributed by atoms with E-state index in [0.717, 1.165) is 0 Å². The second-order valence-corrected chi connectivity index (χ2v) is 3.73. The van der Waals surface area contributed by atoms with E-state index in [4.69, 9.17) is 16.3 Å². The Bertz CT molecular complexity index is 336. The number of hydrogen-bond acceptors (Lipinski definition) is 3. The molecule has 1 aromatic carbocycles.